The lowest BCUT2D eigenvalue weighted by Crippen LogP contribution is -2.28. The summed E-state index contributed by atoms with van der Waals surface area (Å²) in [4.78, 5) is 11.5. The van der Waals surface area contributed by atoms with Gasteiger partial charge in [-0.05, 0) is 48.3 Å². The van der Waals surface area contributed by atoms with Crippen LogP contribution in [0.5, 0.6) is 0 Å². The predicted molar refractivity (Wildman–Crippen MR) is 107 cm³/mol. The summed E-state index contributed by atoms with van der Waals surface area (Å²) in [5.74, 6) is 2.18. The highest BCUT2D eigenvalue weighted by Gasteiger charge is 2.33. The first-order valence-corrected chi connectivity index (χ1v) is 9.98. The molecule has 1 atom stereocenters. The van der Waals surface area contributed by atoms with Gasteiger partial charge < -0.3 is 4.42 Å². The molecule has 1 aliphatic rings. The molecule has 0 aromatic carbocycles. The van der Waals surface area contributed by atoms with Gasteiger partial charge in [-0.3, -0.25) is 5.43 Å². The van der Waals surface area contributed by atoms with Crippen LogP contribution in [0.2, 0.25) is 0 Å². The first-order chi connectivity index (χ1) is 12.6. The summed E-state index contributed by atoms with van der Waals surface area (Å²) in [5, 5.41) is 5.43. The molecule has 3 aromatic heterocycles. The van der Waals surface area contributed by atoms with E-state index in [-0.39, 0.29) is 0 Å². The van der Waals surface area contributed by atoms with Crippen molar-refractivity contribution < 1.29 is 4.42 Å². The molecule has 5 nitrogen and oxygen atoms in total. The molecule has 0 amide bonds. The summed E-state index contributed by atoms with van der Waals surface area (Å²) in [7, 11) is 0. The Hall–Kier alpha value is -2.21. The van der Waals surface area contributed by atoms with Gasteiger partial charge in [-0.2, -0.15) is 5.10 Å². The number of aromatic nitrogens is 2. The molecule has 3 aromatic rings. The molecule has 0 radical (unpaired) electrons. The average molecular weight is 369 g/mol. The van der Waals surface area contributed by atoms with Crippen LogP contribution in [0.15, 0.2) is 34.2 Å². The summed E-state index contributed by atoms with van der Waals surface area (Å²) in [6.45, 7) is 7.07. The van der Waals surface area contributed by atoms with Crippen LogP contribution in [0.4, 0.5) is 5.82 Å². The Morgan fingerprint density at radius 3 is 3.08 bits per heavy atom. The van der Waals surface area contributed by atoms with Crippen molar-refractivity contribution >= 4 is 33.6 Å². The molecule has 1 aliphatic carbocycles. The van der Waals surface area contributed by atoms with Crippen molar-refractivity contribution in [2.45, 2.75) is 46.5 Å². The molecule has 3 heterocycles. The number of nitrogens with one attached hydrogen (secondary N) is 1. The van der Waals surface area contributed by atoms with E-state index in [0.717, 1.165) is 28.9 Å². The molecule has 0 aliphatic heterocycles. The van der Waals surface area contributed by atoms with E-state index in [0.29, 0.717) is 17.1 Å². The van der Waals surface area contributed by atoms with Gasteiger partial charge in [-0.1, -0.05) is 27.2 Å². The number of rotatable bonds is 5. The Bertz CT molecular complexity index is 927. The van der Waals surface area contributed by atoms with E-state index in [1.54, 1.807) is 30.1 Å². The largest absolute Gasteiger partial charge is 0.463 e. The van der Waals surface area contributed by atoms with Crippen LogP contribution in [0.1, 0.15) is 49.8 Å². The number of hydrazone groups is 1. The van der Waals surface area contributed by atoms with Crippen LogP contribution in [-0.4, -0.2) is 16.2 Å². The van der Waals surface area contributed by atoms with Crippen LogP contribution in [0, 0.1) is 11.3 Å². The summed E-state index contributed by atoms with van der Waals surface area (Å²) in [5.41, 5.74) is 4.86. The zero-order valence-corrected chi connectivity index (χ0v) is 16.3. The number of fused-ring (bicyclic) bond motifs is 3. The second-order valence-corrected chi connectivity index (χ2v) is 8.66. The third kappa shape index (κ3) is 3.14. The smallest absolute Gasteiger partial charge is 0.158 e. The van der Waals surface area contributed by atoms with Gasteiger partial charge in [-0.15, -0.1) is 11.3 Å². The van der Waals surface area contributed by atoms with E-state index in [4.69, 9.17) is 4.42 Å². The molecule has 136 valence electrons. The number of hydrogen-bond donors (Lipinski definition) is 1. The number of anilines is 1. The Labute approximate surface area is 157 Å². The van der Waals surface area contributed by atoms with Gasteiger partial charge in [0.25, 0.3) is 0 Å². The fraction of sp³-hybridized carbons (Fsp3) is 0.450. The van der Waals surface area contributed by atoms with Crippen LogP contribution in [0.25, 0.3) is 10.2 Å². The molecule has 0 unspecified atom stereocenters. The van der Waals surface area contributed by atoms with Crippen molar-refractivity contribution in [2.75, 3.05) is 5.43 Å². The standard InChI is InChI=1S/C20H24N4OS/c1-4-20(2,3)13-7-8-16-15(10-13)17-18(21-12-22-19(17)26-16)24-23-11-14-6-5-9-25-14/h5-6,9,11-13H,4,7-8,10H2,1-3H3,(H,21,22,24)/b23-11+/t13-/m1/s1. The highest BCUT2D eigenvalue weighted by Crippen LogP contribution is 2.45. The number of nitrogens with zero attached hydrogens (tertiary/aromatic N) is 3. The van der Waals surface area contributed by atoms with Crippen molar-refractivity contribution in [3.8, 4) is 0 Å². The van der Waals surface area contributed by atoms with Gasteiger partial charge in [0.1, 0.15) is 16.9 Å². The summed E-state index contributed by atoms with van der Waals surface area (Å²) in [6.07, 6.45) is 9.60. The molecule has 0 spiro atoms. The second-order valence-electron chi connectivity index (χ2n) is 7.57. The number of aryl methyl sites for hydroxylation is 1. The normalized spacial score (nSPS) is 17.7. The fourth-order valence-electron chi connectivity index (χ4n) is 3.67. The van der Waals surface area contributed by atoms with E-state index >= 15 is 0 Å². The maximum Gasteiger partial charge on any atom is 0.158 e. The molecule has 4 rings (SSSR count). The van der Waals surface area contributed by atoms with E-state index in [1.165, 1.54) is 23.3 Å². The third-order valence-corrected chi connectivity index (χ3v) is 6.96. The average Bonchev–Trinajstić information content (AvgIpc) is 3.28. The van der Waals surface area contributed by atoms with Crippen molar-refractivity contribution in [3.63, 3.8) is 0 Å². The maximum absolute atomic E-state index is 5.28. The third-order valence-electron chi connectivity index (χ3n) is 5.76. The Morgan fingerprint density at radius 1 is 1.42 bits per heavy atom. The van der Waals surface area contributed by atoms with Crippen LogP contribution < -0.4 is 5.43 Å². The van der Waals surface area contributed by atoms with Gasteiger partial charge in [0.2, 0.25) is 0 Å². The lowest BCUT2D eigenvalue weighted by atomic mass is 9.69. The molecule has 0 fully saturated rings. The lowest BCUT2D eigenvalue weighted by Gasteiger charge is -2.36. The second kappa shape index (κ2) is 6.83. The van der Waals surface area contributed by atoms with Crippen LogP contribution in [0.3, 0.4) is 0 Å². The molecule has 6 heteroatoms. The van der Waals surface area contributed by atoms with Gasteiger partial charge in [0.15, 0.2) is 5.82 Å². The predicted octanol–water partition coefficient (Wildman–Crippen LogP) is 5.27. The highest BCUT2D eigenvalue weighted by molar-refractivity contribution is 7.19. The maximum atomic E-state index is 5.28. The minimum absolute atomic E-state index is 0.354. The van der Waals surface area contributed by atoms with Gasteiger partial charge in [0, 0.05) is 4.88 Å². The zero-order valence-electron chi connectivity index (χ0n) is 15.5. The molecule has 0 saturated carbocycles. The van der Waals surface area contributed by atoms with Gasteiger partial charge in [-0.25, -0.2) is 9.97 Å². The number of furan rings is 1. The van der Waals surface area contributed by atoms with E-state index in [9.17, 15) is 0 Å². The summed E-state index contributed by atoms with van der Waals surface area (Å²) < 4.78 is 5.28. The molecule has 0 bridgehead atoms. The van der Waals surface area contributed by atoms with Gasteiger partial charge in [0.05, 0.1) is 17.9 Å². The molecule has 26 heavy (non-hydrogen) atoms. The Morgan fingerprint density at radius 2 is 2.31 bits per heavy atom. The van der Waals surface area contributed by atoms with E-state index in [2.05, 4.69) is 41.3 Å². The van der Waals surface area contributed by atoms with Crippen molar-refractivity contribution in [1.82, 2.24) is 9.97 Å². The summed E-state index contributed by atoms with van der Waals surface area (Å²) in [6, 6.07) is 3.71. The van der Waals surface area contributed by atoms with Crippen LogP contribution >= 0.6 is 11.3 Å². The number of hydrogen-bond acceptors (Lipinski definition) is 6. The van der Waals surface area contributed by atoms with E-state index in [1.807, 2.05) is 12.1 Å². The highest BCUT2D eigenvalue weighted by atomic mass is 32.1. The van der Waals surface area contributed by atoms with Crippen molar-refractivity contribution in [1.29, 1.82) is 0 Å². The topological polar surface area (TPSA) is 63.3 Å². The SMILES string of the molecule is CCC(C)(C)[C@@H]1CCc2sc3ncnc(N/N=C/c4ccco4)c3c2C1. The molecular formula is C20H24N4OS. The van der Waals surface area contributed by atoms with Crippen molar-refractivity contribution in [3.05, 3.63) is 40.9 Å². The van der Waals surface area contributed by atoms with Crippen LogP contribution in [-0.2, 0) is 12.8 Å². The van der Waals surface area contributed by atoms with E-state index < -0.39 is 0 Å². The zero-order chi connectivity index (χ0) is 18.1. The quantitative estimate of drug-likeness (QED) is 0.492. The lowest BCUT2D eigenvalue weighted by molar-refractivity contribution is 0.184. The first kappa shape index (κ1) is 17.2. The molecule has 0 saturated heterocycles. The molecule has 1 N–H and O–H groups in total. The number of thiophene rings is 1. The summed E-state index contributed by atoms with van der Waals surface area (Å²) >= 11 is 1.80. The Balaban J connectivity index is 1.67. The first-order valence-electron chi connectivity index (χ1n) is 9.16. The van der Waals surface area contributed by atoms with Crippen molar-refractivity contribution in [2.24, 2.45) is 16.4 Å². The minimum atomic E-state index is 0.354. The molecular weight excluding hydrogens is 344 g/mol. The van der Waals surface area contributed by atoms with Gasteiger partial charge >= 0.3 is 0 Å². The Kier molecular flexibility index (Phi) is 4.53. The fourth-order valence-corrected chi connectivity index (χ4v) is 4.85. The monoisotopic (exact) mass is 368 g/mol. The minimum Gasteiger partial charge on any atom is -0.463 e.